The Bertz CT molecular complexity index is 602. The first-order valence-corrected chi connectivity index (χ1v) is 6.51. The van der Waals surface area contributed by atoms with E-state index in [1.54, 1.807) is 0 Å². The van der Waals surface area contributed by atoms with E-state index in [2.05, 4.69) is 0 Å². The molecule has 0 radical (unpaired) electrons. The van der Waals surface area contributed by atoms with Gasteiger partial charge in [0.15, 0.2) is 0 Å². The van der Waals surface area contributed by atoms with Crippen molar-refractivity contribution in [3.63, 3.8) is 0 Å². The summed E-state index contributed by atoms with van der Waals surface area (Å²) < 4.78 is 76.0. The van der Waals surface area contributed by atoms with Gasteiger partial charge in [-0.25, -0.2) is 0 Å². The van der Waals surface area contributed by atoms with Gasteiger partial charge in [-0.3, -0.25) is 0 Å². The van der Waals surface area contributed by atoms with Crippen LogP contribution >= 0.6 is 11.6 Å². The third kappa shape index (κ3) is 3.74. The van der Waals surface area contributed by atoms with Gasteiger partial charge in [0.05, 0.1) is 16.5 Å². The fraction of sp³-hybridized carbons (Fsp3) is 0.200. The lowest BCUT2D eigenvalue weighted by Gasteiger charge is -2.15. The van der Waals surface area contributed by atoms with Crippen LogP contribution in [0.25, 0.3) is 0 Å². The average molecular weight is 339 g/mol. The lowest BCUT2D eigenvalue weighted by molar-refractivity contribution is -0.138. The molecule has 0 N–H and O–H groups in total. The lowest BCUT2D eigenvalue weighted by Crippen LogP contribution is -2.07. The minimum atomic E-state index is -4.54. The second-order valence-corrected chi connectivity index (χ2v) is 5.05. The summed E-state index contributed by atoms with van der Waals surface area (Å²) in [6.07, 6.45) is -9.08. The van der Waals surface area contributed by atoms with E-state index >= 15 is 0 Å². The maximum Gasteiger partial charge on any atom is 0.416 e. The Morgan fingerprint density at radius 3 is 1.36 bits per heavy atom. The molecule has 0 saturated carbocycles. The van der Waals surface area contributed by atoms with Crippen molar-refractivity contribution >= 4 is 11.6 Å². The minimum absolute atomic E-state index is 0.0795. The molecule has 0 saturated heterocycles. The molecule has 2 aromatic carbocycles. The zero-order valence-electron chi connectivity index (χ0n) is 10.8. The first-order chi connectivity index (χ1) is 10.1. The predicted octanol–water partition coefficient (Wildman–Crippen LogP) is 6.05. The molecule has 2 rings (SSSR count). The van der Waals surface area contributed by atoms with Gasteiger partial charge in [0, 0.05) is 0 Å². The van der Waals surface area contributed by atoms with Crippen molar-refractivity contribution in [3.05, 3.63) is 70.8 Å². The van der Waals surface area contributed by atoms with E-state index in [-0.39, 0.29) is 11.1 Å². The molecule has 0 heterocycles. The molecule has 0 fully saturated rings. The third-order valence-electron chi connectivity index (χ3n) is 3.01. The van der Waals surface area contributed by atoms with Crippen LogP contribution in [0.5, 0.6) is 0 Å². The van der Waals surface area contributed by atoms with Gasteiger partial charge in [-0.05, 0) is 35.4 Å². The molecule has 0 aliphatic rings. The van der Waals surface area contributed by atoms with Crippen LogP contribution in [0.4, 0.5) is 26.3 Å². The van der Waals surface area contributed by atoms with Crippen LogP contribution in [0, 0.1) is 0 Å². The fourth-order valence-corrected chi connectivity index (χ4v) is 2.21. The fourth-order valence-electron chi connectivity index (χ4n) is 1.94. The first kappa shape index (κ1) is 16.7. The SMILES string of the molecule is FC(F)(F)c1cccc(C(Cl)c2cccc(C(F)(F)F)c2)c1. The smallest absolute Gasteiger partial charge is 0.166 e. The van der Waals surface area contributed by atoms with Gasteiger partial charge in [0.1, 0.15) is 0 Å². The summed E-state index contributed by atoms with van der Waals surface area (Å²) in [7, 11) is 0. The molecular formula is C15H9ClF6. The molecule has 0 amide bonds. The normalized spacial score (nSPS) is 12.7. The maximum absolute atomic E-state index is 12.7. The summed E-state index contributed by atoms with van der Waals surface area (Å²) in [6.45, 7) is 0. The summed E-state index contributed by atoms with van der Waals surface area (Å²) in [6, 6.07) is 8.43. The van der Waals surface area contributed by atoms with Crippen molar-refractivity contribution in [1.82, 2.24) is 0 Å². The van der Waals surface area contributed by atoms with Crippen LogP contribution in [0.2, 0.25) is 0 Å². The summed E-state index contributed by atoms with van der Waals surface area (Å²) in [5, 5.41) is -1.11. The monoisotopic (exact) mass is 338 g/mol. The number of halogens is 7. The second-order valence-electron chi connectivity index (χ2n) is 4.61. The second kappa shape index (κ2) is 5.83. The highest BCUT2D eigenvalue weighted by Crippen LogP contribution is 2.36. The van der Waals surface area contributed by atoms with Crippen LogP contribution in [0.15, 0.2) is 48.5 Å². The van der Waals surface area contributed by atoms with Crippen molar-refractivity contribution < 1.29 is 26.3 Å². The molecule has 22 heavy (non-hydrogen) atoms. The first-order valence-electron chi connectivity index (χ1n) is 6.07. The van der Waals surface area contributed by atoms with Crippen LogP contribution in [0.3, 0.4) is 0 Å². The number of hydrogen-bond acceptors (Lipinski definition) is 0. The van der Waals surface area contributed by atoms with Gasteiger partial charge in [0.25, 0.3) is 0 Å². The van der Waals surface area contributed by atoms with E-state index in [0.717, 1.165) is 24.3 Å². The van der Waals surface area contributed by atoms with E-state index in [4.69, 9.17) is 11.6 Å². The maximum atomic E-state index is 12.7. The van der Waals surface area contributed by atoms with Crippen molar-refractivity contribution in [2.45, 2.75) is 17.7 Å². The van der Waals surface area contributed by atoms with Crippen molar-refractivity contribution in [2.24, 2.45) is 0 Å². The van der Waals surface area contributed by atoms with Crippen molar-refractivity contribution in [3.8, 4) is 0 Å². The molecule has 0 nitrogen and oxygen atoms in total. The highest BCUT2D eigenvalue weighted by atomic mass is 35.5. The van der Waals surface area contributed by atoms with Crippen LogP contribution in [0.1, 0.15) is 27.6 Å². The average Bonchev–Trinajstić information content (AvgIpc) is 2.45. The lowest BCUT2D eigenvalue weighted by atomic mass is 10.0. The van der Waals surface area contributed by atoms with E-state index in [1.165, 1.54) is 24.3 Å². The topological polar surface area (TPSA) is 0 Å². The van der Waals surface area contributed by atoms with Crippen LogP contribution < -0.4 is 0 Å². The van der Waals surface area contributed by atoms with Gasteiger partial charge < -0.3 is 0 Å². The van der Waals surface area contributed by atoms with E-state index in [9.17, 15) is 26.3 Å². The zero-order valence-corrected chi connectivity index (χ0v) is 11.6. The largest absolute Gasteiger partial charge is 0.416 e. The summed E-state index contributed by atoms with van der Waals surface area (Å²) in [5.74, 6) is 0. The predicted molar refractivity (Wildman–Crippen MR) is 70.6 cm³/mol. The molecule has 2 aromatic rings. The molecule has 0 unspecified atom stereocenters. The number of benzene rings is 2. The van der Waals surface area contributed by atoms with Gasteiger partial charge >= 0.3 is 12.4 Å². The molecule has 0 spiro atoms. The molecule has 118 valence electrons. The van der Waals surface area contributed by atoms with Gasteiger partial charge in [-0.15, -0.1) is 11.6 Å². The van der Waals surface area contributed by atoms with E-state index < -0.39 is 28.9 Å². The highest BCUT2D eigenvalue weighted by Gasteiger charge is 2.32. The summed E-state index contributed by atoms with van der Waals surface area (Å²) in [4.78, 5) is 0. The molecule has 0 aliphatic carbocycles. The Morgan fingerprint density at radius 2 is 1.05 bits per heavy atom. The molecule has 0 aromatic heterocycles. The Labute approximate surface area is 127 Å². The molecule has 0 aliphatic heterocycles. The van der Waals surface area contributed by atoms with Gasteiger partial charge in [-0.2, -0.15) is 26.3 Å². The van der Waals surface area contributed by atoms with Crippen molar-refractivity contribution in [2.75, 3.05) is 0 Å². The van der Waals surface area contributed by atoms with Crippen LogP contribution in [-0.4, -0.2) is 0 Å². The highest BCUT2D eigenvalue weighted by molar-refractivity contribution is 6.22. The van der Waals surface area contributed by atoms with E-state index in [1.807, 2.05) is 0 Å². The standard InChI is InChI=1S/C15H9ClF6/c16-13(9-3-1-5-11(7-9)14(17,18)19)10-4-2-6-12(8-10)15(20,21)22/h1-8,13H. The van der Waals surface area contributed by atoms with E-state index in [0.29, 0.717) is 0 Å². The molecule has 0 bridgehead atoms. The van der Waals surface area contributed by atoms with Gasteiger partial charge in [-0.1, -0.05) is 24.3 Å². The molecule has 0 atom stereocenters. The Balaban J connectivity index is 2.38. The Kier molecular flexibility index (Phi) is 4.42. The van der Waals surface area contributed by atoms with Crippen LogP contribution in [-0.2, 0) is 12.4 Å². The zero-order chi connectivity index (χ0) is 16.5. The summed E-state index contributed by atoms with van der Waals surface area (Å²) >= 11 is 6.04. The minimum Gasteiger partial charge on any atom is -0.166 e. The van der Waals surface area contributed by atoms with Gasteiger partial charge in [0.2, 0.25) is 0 Å². The number of rotatable bonds is 2. The quantitative estimate of drug-likeness (QED) is 0.461. The Morgan fingerprint density at radius 1 is 0.682 bits per heavy atom. The Hall–Kier alpha value is -1.69. The number of hydrogen-bond donors (Lipinski definition) is 0. The van der Waals surface area contributed by atoms with Crippen molar-refractivity contribution in [1.29, 1.82) is 0 Å². The molecular weight excluding hydrogens is 330 g/mol. The summed E-state index contributed by atoms with van der Waals surface area (Å²) in [5.41, 5.74) is -1.64. The number of alkyl halides is 7. The molecule has 7 heteroatoms. The third-order valence-corrected chi connectivity index (χ3v) is 3.52.